The van der Waals surface area contributed by atoms with Gasteiger partial charge in [-0.15, -0.1) is 10.2 Å². The Balaban J connectivity index is 1.93. The van der Waals surface area contributed by atoms with Crippen LogP contribution in [-0.2, 0) is 16.1 Å². The van der Waals surface area contributed by atoms with Gasteiger partial charge in [-0.1, -0.05) is 24.7 Å². The Morgan fingerprint density at radius 3 is 2.95 bits per heavy atom. The van der Waals surface area contributed by atoms with Gasteiger partial charge in [0.05, 0.1) is 5.92 Å². The number of carbonyl (C=O) groups is 1. The van der Waals surface area contributed by atoms with Crippen LogP contribution >= 0.6 is 11.3 Å². The lowest BCUT2D eigenvalue weighted by molar-refractivity contribution is -0.142. The van der Waals surface area contributed by atoms with Gasteiger partial charge in [-0.25, -0.2) is 0 Å². The number of aliphatic carboxylic acids is 1. The van der Waals surface area contributed by atoms with Crippen LogP contribution in [0.2, 0.25) is 0 Å². The van der Waals surface area contributed by atoms with E-state index in [1.54, 1.807) is 11.6 Å². The molecule has 21 heavy (non-hydrogen) atoms. The number of hydrogen-bond donors (Lipinski definition) is 1. The quantitative estimate of drug-likeness (QED) is 0.907. The Labute approximate surface area is 125 Å². The van der Waals surface area contributed by atoms with Crippen molar-refractivity contribution in [1.29, 1.82) is 0 Å². The van der Waals surface area contributed by atoms with Crippen molar-refractivity contribution in [3.05, 3.63) is 10.8 Å². The maximum atomic E-state index is 11.5. The molecule has 0 bridgehead atoms. The van der Waals surface area contributed by atoms with Gasteiger partial charge in [0, 0.05) is 13.0 Å². The molecule has 8 heteroatoms. The van der Waals surface area contributed by atoms with E-state index in [4.69, 9.17) is 4.74 Å². The highest BCUT2D eigenvalue weighted by atomic mass is 32.1. The molecule has 2 aromatic heterocycles. The van der Waals surface area contributed by atoms with Crippen molar-refractivity contribution in [2.24, 2.45) is 11.8 Å². The largest absolute Gasteiger partial charge is 0.481 e. The van der Waals surface area contributed by atoms with Crippen molar-refractivity contribution in [3.63, 3.8) is 0 Å². The van der Waals surface area contributed by atoms with E-state index >= 15 is 0 Å². The number of ether oxygens (including phenoxy) is 1. The normalized spacial score (nSPS) is 25.7. The third kappa shape index (κ3) is 2.53. The summed E-state index contributed by atoms with van der Waals surface area (Å²) in [5.41, 5.74) is 0. The third-order valence-corrected chi connectivity index (χ3v) is 5.25. The second-order valence-electron chi connectivity index (χ2n) is 5.48. The van der Waals surface area contributed by atoms with Crippen molar-refractivity contribution in [2.45, 2.75) is 38.7 Å². The maximum Gasteiger partial charge on any atom is 0.307 e. The molecule has 1 fully saturated rings. The minimum Gasteiger partial charge on any atom is -0.481 e. The van der Waals surface area contributed by atoms with Gasteiger partial charge in [-0.2, -0.15) is 9.61 Å². The number of nitrogens with zero attached hydrogens (tertiary/aromatic N) is 4. The number of carboxylic acid groups (broad SMARTS) is 1. The molecule has 114 valence electrons. The number of carboxylic acids is 1. The van der Waals surface area contributed by atoms with Gasteiger partial charge in [-0.3, -0.25) is 4.79 Å². The highest BCUT2D eigenvalue weighted by molar-refractivity contribution is 7.16. The summed E-state index contributed by atoms with van der Waals surface area (Å²) in [5, 5.41) is 22.9. The first-order valence-electron chi connectivity index (χ1n) is 7.06. The molecule has 7 nitrogen and oxygen atoms in total. The van der Waals surface area contributed by atoms with E-state index in [2.05, 4.69) is 22.2 Å². The fraction of sp³-hybridized carbons (Fsp3) is 0.692. The van der Waals surface area contributed by atoms with Crippen molar-refractivity contribution in [3.8, 4) is 0 Å². The molecule has 2 heterocycles. The zero-order chi connectivity index (χ0) is 15.0. The summed E-state index contributed by atoms with van der Waals surface area (Å²) in [6.45, 7) is 2.45. The second-order valence-corrected chi connectivity index (χ2v) is 6.47. The monoisotopic (exact) mass is 310 g/mol. The maximum absolute atomic E-state index is 11.5. The molecule has 0 saturated heterocycles. The van der Waals surface area contributed by atoms with E-state index in [0.29, 0.717) is 23.3 Å². The molecular formula is C13H18N4O3S. The van der Waals surface area contributed by atoms with Gasteiger partial charge < -0.3 is 9.84 Å². The van der Waals surface area contributed by atoms with Crippen LogP contribution in [0.3, 0.4) is 0 Å². The molecule has 0 aromatic carbocycles. The summed E-state index contributed by atoms with van der Waals surface area (Å²) in [7, 11) is 1.59. The summed E-state index contributed by atoms with van der Waals surface area (Å²) >= 11 is 1.43. The van der Waals surface area contributed by atoms with Crippen LogP contribution < -0.4 is 0 Å². The van der Waals surface area contributed by atoms with Crippen LogP contribution in [0.15, 0.2) is 0 Å². The fourth-order valence-electron chi connectivity index (χ4n) is 3.06. The molecular weight excluding hydrogens is 292 g/mol. The summed E-state index contributed by atoms with van der Waals surface area (Å²) in [4.78, 5) is 12.2. The molecule has 3 atom stereocenters. The first-order valence-corrected chi connectivity index (χ1v) is 7.88. The molecule has 0 amide bonds. The minimum atomic E-state index is -0.723. The van der Waals surface area contributed by atoms with Crippen LogP contribution in [0.25, 0.3) is 4.96 Å². The van der Waals surface area contributed by atoms with Crippen LogP contribution in [0.4, 0.5) is 0 Å². The van der Waals surface area contributed by atoms with Crippen LogP contribution in [0.5, 0.6) is 0 Å². The third-order valence-electron chi connectivity index (χ3n) is 4.22. The lowest BCUT2D eigenvalue weighted by Crippen LogP contribution is -2.17. The van der Waals surface area contributed by atoms with Crippen molar-refractivity contribution >= 4 is 22.3 Å². The predicted molar refractivity (Wildman–Crippen MR) is 76.3 cm³/mol. The average Bonchev–Trinajstić information content (AvgIpc) is 3.12. The summed E-state index contributed by atoms with van der Waals surface area (Å²) in [6, 6.07) is 0. The number of methoxy groups -OCH3 is 1. The molecule has 1 saturated carbocycles. The number of aromatic nitrogens is 4. The van der Waals surface area contributed by atoms with E-state index in [1.165, 1.54) is 11.3 Å². The fourth-order valence-corrected chi connectivity index (χ4v) is 4.10. The molecule has 1 N–H and O–H groups in total. The Kier molecular flexibility index (Phi) is 3.90. The van der Waals surface area contributed by atoms with E-state index in [0.717, 1.165) is 24.3 Å². The molecule has 3 rings (SSSR count). The van der Waals surface area contributed by atoms with Crippen LogP contribution in [-0.4, -0.2) is 38.0 Å². The van der Waals surface area contributed by atoms with E-state index in [9.17, 15) is 9.90 Å². The summed E-state index contributed by atoms with van der Waals surface area (Å²) in [6.07, 6.45) is 2.64. The molecule has 0 spiro atoms. The van der Waals surface area contributed by atoms with E-state index in [-0.39, 0.29) is 11.8 Å². The zero-order valence-corrected chi connectivity index (χ0v) is 12.8. The number of fused-ring (bicyclic) bond motifs is 1. The van der Waals surface area contributed by atoms with Crippen LogP contribution in [0, 0.1) is 11.8 Å². The van der Waals surface area contributed by atoms with Gasteiger partial charge in [0.2, 0.25) is 4.96 Å². The van der Waals surface area contributed by atoms with Crippen molar-refractivity contribution < 1.29 is 14.6 Å². The predicted octanol–water partition coefficient (Wildman–Crippen LogP) is 1.94. The van der Waals surface area contributed by atoms with Crippen molar-refractivity contribution in [1.82, 2.24) is 19.8 Å². The number of rotatable bonds is 5. The molecule has 0 radical (unpaired) electrons. The lowest BCUT2D eigenvalue weighted by atomic mass is 9.97. The Morgan fingerprint density at radius 2 is 2.29 bits per heavy atom. The topological polar surface area (TPSA) is 89.6 Å². The van der Waals surface area contributed by atoms with Gasteiger partial charge in [0.1, 0.15) is 11.6 Å². The molecule has 2 aromatic rings. The SMILES string of the molecule is CCC1CC(C(=O)O)C(c2nn3c(COC)nnc3s2)C1. The Hall–Kier alpha value is -1.54. The molecule has 1 aliphatic rings. The first-order chi connectivity index (χ1) is 10.1. The Morgan fingerprint density at radius 1 is 1.48 bits per heavy atom. The van der Waals surface area contributed by atoms with Crippen LogP contribution in [0.1, 0.15) is 42.9 Å². The average molecular weight is 310 g/mol. The van der Waals surface area contributed by atoms with Gasteiger partial charge in [0.25, 0.3) is 0 Å². The molecule has 3 unspecified atom stereocenters. The Bertz CT molecular complexity index is 653. The van der Waals surface area contributed by atoms with E-state index in [1.807, 2.05) is 0 Å². The molecule has 1 aliphatic carbocycles. The van der Waals surface area contributed by atoms with Gasteiger partial charge in [0.15, 0.2) is 5.82 Å². The van der Waals surface area contributed by atoms with E-state index < -0.39 is 5.97 Å². The second kappa shape index (κ2) is 5.69. The van der Waals surface area contributed by atoms with Crippen molar-refractivity contribution in [2.75, 3.05) is 7.11 Å². The highest BCUT2D eigenvalue weighted by Crippen LogP contribution is 2.45. The zero-order valence-electron chi connectivity index (χ0n) is 12.0. The van der Waals surface area contributed by atoms with Gasteiger partial charge in [-0.05, 0) is 18.8 Å². The standard InChI is InChI=1S/C13H18N4O3S/c1-3-7-4-8(9(5-7)12(18)19)11-16-17-10(6-20-2)14-15-13(17)21-11/h7-9H,3-6H2,1-2H3,(H,18,19). The minimum absolute atomic E-state index is 0.0189. The molecule has 0 aliphatic heterocycles. The number of hydrogen-bond acceptors (Lipinski definition) is 6. The summed E-state index contributed by atoms with van der Waals surface area (Å²) in [5.74, 6) is 0.0222. The van der Waals surface area contributed by atoms with Gasteiger partial charge >= 0.3 is 5.97 Å². The lowest BCUT2D eigenvalue weighted by Gasteiger charge is -2.11. The summed E-state index contributed by atoms with van der Waals surface area (Å²) < 4.78 is 6.74. The highest BCUT2D eigenvalue weighted by Gasteiger charge is 2.41. The first kappa shape index (κ1) is 14.4. The smallest absolute Gasteiger partial charge is 0.307 e.